The fourth-order valence-corrected chi connectivity index (χ4v) is 1.46. The topological polar surface area (TPSA) is 26.3 Å². The normalized spacial score (nSPS) is 21.5. The third-order valence-corrected chi connectivity index (χ3v) is 2.32. The molecule has 0 aromatic heterocycles. The van der Waals surface area contributed by atoms with Crippen molar-refractivity contribution in [2.24, 2.45) is 5.92 Å². The van der Waals surface area contributed by atoms with Crippen LogP contribution >= 0.6 is 0 Å². The fraction of sp³-hybridized carbons (Fsp3) is 0.727. The van der Waals surface area contributed by atoms with Crippen molar-refractivity contribution in [1.82, 2.24) is 0 Å². The average molecular weight is 182 g/mol. The summed E-state index contributed by atoms with van der Waals surface area (Å²) in [5.41, 5.74) is 0. The summed E-state index contributed by atoms with van der Waals surface area (Å²) in [6.07, 6.45) is 7.76. The molecule has 0 amide bonds. The molecule has 13 heavy (non-hydrogen) atoms. The van der Waals surface area contributed by atoms with Crippen molar-refractivity contribution in [2.45, 2.75) is 46.0 Å². The molecule has 0 saturated carbocycles. The first-order chi connectivity index (χ1) is 6.24. The summed E-state index contributed by atoms with van der Waals surface area (Å²) in [4.78, 5) is 11.0. The van der Waals surface area contributed by atoms with Gasteiger partial charge in [-0.05, 0) is 19.4 Å². The Labute approximate surface area is 80.0 Å². The van der Waals surface area contributed by atoms with Gasteiger partial charge >= 0.3 is 5.97 Å². The maximum absolute atomic E-state index is 11.0. The van der Waals surface area contributed by atoms with E-state index in [0.717, 1.165) is 18.6 Å². The summed E-state index contributed by atoms with van der Waals surface area (Å²) < 4.78 is 5.08. The number of carbonyl (C=O) groups excluding carboxylic acids is 1. The Bertz CT molecular complexity index is 206. The van der Waals surface area contributed by atoms with Crippen LogP contribution in [0.15, 0.2) is 11.8 Å². The molecular formula is C11H18O2. The van der Waals surface area contributed by atoms with Gasteiger partial charge in [0.1, 0.15) is 5.76 Å². The molecule has 1 unspecified atom stereocenters. The van der Waals surface area contributed by atoms with Crippen molar-refractivity contribution in [3.05, 3.63) is 11.8 Å². The van der Waals surface area contributed by atoms with E-state index in [4.69, 9.17) is 4.74 Å². The van der Waals surface area contributed by atoms with E-state index >= 15 is 0 Å². The highest BCUT2D eigenvalue weighted by Crippen LogP contribution is 2.21. The molecule has 74 valence electrons. The van der Waals surface area contributed by atoms with Crippen molar-refractivity contribution in [2.75, 3.05) is 0 Å². The Kier molecular flexibility index (Phi) is 4.00. The molecular weight excluding hydrogens is 164 g/mol. The Morgan fingerprint density at radius 3 is 2.69 bits per heavy atom. The lowest BCUT2D eigenvalue weighted by molar-refractivity contribution is -0.139. The summed E-state index contributed by atoms with van der Waals surface area (Å²) in [5, 5.41) is 0. The molecule has 0 bridgehead atoms. The van der Waals surface area contributed by atoms with Gasteiger partial charge in [0.15, 0.2) is 0 Å². The van der Waals surface area contributed by atoms with Gasteiger partial charge in [-0.15, -0.1) is 0 Å². The van der Waals surface area contributed by atoms with Crippen molar-refractivity contribution >= 4 is 5.97 Å². The zero-order chi connectivity index (χ0) is 9.68. The minimum Gasteiger partial charge on any atom is -0.431 e. The first kappa shape index (κ1) is 10.3. The van der Waals surface area contributed by atoms with Gasteiger partial charge in [-0.2, -0.15) is 0 Å². The lowest BCUT2D eigenvalue weighted by Crippen LogP contribution is -2.03. The third kappa shape index (κ3) is 3.21. The van der Waals surface area contributed by atoms with Crippen LogP contribution in [0, 0.1) is 5.92 Å². The lowest BCUT2D eigenvalue weighted by atomic mass is 10.1. The standard InChI is InChI=1S/C11H18O2/c1-3-4-5-6-7-10-8-9(2)11(12)13-10/h8-9H,3-7H2,1-2H3. The van der Waals surface area contributed by atoms with Gasteiger partial charge in [0.05, 0.1) is 5.92 Å². The minimum atomic E-state index is -0.0921. The van der Waals surface area contributed by atoms with Crippen LogP contribution < -0.4 is 0 Å². The summed E-state index contributed by atoms with van der Waals surface area (Å²) in [5.74, 6) is 0.764. The number of hydrogen-bond donors (Lipinski definition) is 0. The molecule has 2 heteroatoms. The third-order valence-electron chi connectivity index (χ3n) is 2.32. The van der Waals surface area contributed by atoms with Crippen molar-refractivity contribution < 1.29 is 9.53 Å². The summed E-state index contributed by atoms with van der Waals surface area (Å²) >= 11 is 0. The van der Waals surface area contributed by atoms with Gasteiger partial charge in [-0.3, -0.25) is 4.79 Å². The average Bonchev–Trinajstić information content (AvgIpc) is 2.41. The summed E-state index contributed by atoms with van der Waals surface area (Å²) in [6.45, 7) is 4.07. The van der Waals surface area contributed by atoms with E-state index in [1.165, 1.54) is 19.3 Å². The van der Waals surface area contributed by atoms with E-state index in [1.54, 1.807) is 0 Å². The molecule has 1 atom stereocenters. The number of hydrogen-bond acceptors (Lipinski definition) is 2. The van der Waals surface area contributed by atoms with E-state index < -0.39 is 0 Å². The van der Waals surface area contributed by atoms with Crippen LogP contribution in [0.4, 0.5) is 0 Å². The SMILES string of the molecule is CCCCCCC1=CC(C)C(=O)O1. The van der Waals surface area contributed by atoms with Crippen LogP contribution in [0.5, 0.6) is 0 Å². The number of esters is 1. The number of unbranched alkanes of at least 4 members (excludes halogenated alkanes) is 3. The second kappa shape index (κ2) is 5.05. The van der Waals surface area contributed by atoms with E-state index in [2.05, 4.69) is 6.92 Å². The highest BCUT2D eigenvalue weighted by molar-refractivity contribution is 5.77. The van der Waals surface area contributed by atoms with E-state index in [9.17, 15) is 4.79 Å². The van der Waals surface area contributed by atoms with Crippen LogP contribution in [0.25, 0.3) is 0 Å². The van der Waals surface area contributed by atoms with E-state index in [0.29, 0.717) is 0 Å². The quantitative estimate of drug-likeness (QED) is 0.482. The molecule has 0 fully saturated rings. The molecule has 1 rings (SSSR count). The molecule has 0 saturated heterocycles. The van der Waals surface area contributed by atoms with Crippen LogP contribution in [0.2, 0.25) is 0 Å². The van der Waals surface area contributed by atoms with Crippen LogP contribution in [0.1, 0.15) is 46.0 Å². The van der Waals surface area contributed by atoms with Gasteiger partial charge in [0.2, 0.25) is 0 Å². The molecule has 0 aromatic carbocycles. The zero-order valence-electron chi connectivity index (χ0n) is 8.51. The minimum absolute atomic E-state index is 0.0267. The number of carbonyl (C=O) groups is 1. The Morgan fingerprint density at radius 1 is 1.38 bits per heavy atom. The Balaban J connectivity index is 2.16. The zero-order valence-corrected chi connectivity index (χ0v) is 8.51. The van der Waals surface area contributed by atoms with Gasteiger partial charge in [-0.25, -0.2) is 0 Å². The van der Waals surface area contributed by atoms with Crippen LogP contribution in [-0.4, -0.2) is 5.97 Å². The first-order valence-corrected chi connectivity index (χ1v) is 5.16. The second-order valence-electron chi connectivity index (χ2n) is 3.65. The predicted octanol–water partition coefficient (Wildman–Crippen LogP) is 3.03. The predicted molar refractivity (Wildman–Crippen MR) is 52.1 cm³/mol. The monoisotopic (exact) mass is 182 g/mol. The molecule has 1 aliphatic rings. The van der Waals surface area contributed by atoms with E-state index in [-0.39, 0.29) is 11.9 Å². The molecule has 0 radical (unpaired) electrons. The van der Waals surface area contributed by atoms with Crippen molar-refractivity contribution in [3.63, 3.8) is 0 Å². The molecule has 0 N–H and O–H groups in total. The lowest BCUT2D eigenvalue weighted by Gasteiger charge is -2.01. The number of ether oxygens (including phenoxy) is 1. The number of cyclic esters (lactones) is 1. The number of allylic oxidation sites excluding steroid dienone is 1. The molecule has 0 aliphatic carbocycles. The highest BCUT2D eigenvalue weighted by Gasteiger charge is 2.21. The molecule has 0 spiro atoms. The maximum Gasteiger partial charge on any atom is 0.317 e. The van der Waals surface area contributed by atoms with Crippen LogP contribution in [-0.2, 0) is 9.53 Å². The van der Waals surface area contributed by atoms with Gasteiger partial charge in [-0.1, -0.05) is 26.2 Å². The van der Waals surface area contributed by atoms with Crippen LogP contribution in [0.3, 0.4) is 0 Å². The first-order valence-electron chi connectivity index (χ1n) is 5.16. The van der Waals surface area contributed by atoms with E-state index in [1.807, 2.05) is 13.0 Å². The molecule has 2 nitrogen and oxygen atoms in total. The highest BCUT2D eigenvalue weighted by atomic mass is 16.5. The second-order valence-corrected chi connectivity index (χ2v) is 3.65. The fourth-order valence-electron chi connectivity index (χ4n) is 1.46. The Hall–Kier alpha value is -0.790. The smallest absolute Gasteiger partial charge is 0.317 e. The van der Waals surface area contributed by atoms with Crippen molar-refractivity contribution in [1.29, 1.82) is 0 Å². The summed E-state index contributed by atoms with van der Waals surface area (Å²) in [7, 11) is 0. The number of rotatable bonds is 5. The Morgan fingerprint density at radius 2 is 2.15 bits per heavy atom. The maximum atomic E-state index is 11.0. The molecule has 0 aromatic rings. The molecule has 1 heterocycles. The molecule has 1 aliphatic heterocycles. The van der Waals surface area contributed by atoms with Gasteiger partial charge in [0, 0.05) is 6.42 Å². The largest absolute Gasteiger partial charge is 0.431 e. The van der Waals surface area contributed by atoms with Crippen molar-refractivity contribution in [3.8, 4) is 0 Å². The summed E-state index contributed by atoms with van der Waals surface area (Å²) in [6, 6.07) is 0. The van der Waals surface area contributed by atoms with Gasteiger partial charge in [0.25, 0.3) is 0 Å². The van der Waals surface area contributed by atoms with Gasteiger partial charge < -0.3 is 4.74 Å².